The highest BCUT2D eigenvalue weighted by molar-refractivity contribution is 6.06. The van der Waals surface area contributed by atoms with E-state index in [9.17, 15) is 28.1 Å². The first-order valence-electron chi connectivity index (χ1n) is 7.54. The van der Waals surface area contributed by atoms with Crippen LogP contribution in [0.3, 0.4) is 0 Å². The highest BCUT2D eigenvalue weighted by Gasteiger charge is 2.38. The van der Waals surface area contributed by atoms with Gasteiger partial charge in [-0.1, -0.05) is 36.4 Å². The van der Waals surface area contributed by atoms with Crippen LogP contribution < -0.4 is 5.32 Å². The summed E-state index contributed by atoms with van der Waals surface area (Å²) in [5, 5.41) is 18.6. The lowest BCUT2D eigenvalue weighted by Gasteiger charge is -2.09. The molecule has 1 aromatic heterocycles. The quantitative estimate of drug-likeness (QED) is 0.525. The fourth-order valence-electron chi connectivity index (χ4n) is 2.46. The summed E-state index contributed by atoms with van der Waals surface area (Å²) in [6.45, 7) is 0. The molecule has 0 saturated carbocycles. The molecule has 0 aliphatic heterocycles. The zero-order chi connectivity index (χ0) is 19.6. The summed E-state index contributed by atoms with van der Waals surface area (Å²) >= 11 is 0. The highest BCUT2D eigenvalue weighted by atomic mass is 19.4. The molecule has 0 aliphatic carbocycles. The molecular weight excluding hydrogens is 365 g/mol. The van der Waals surface area contributed by atoms with Crippen LogP contribution in [0.2, 0.25) is 0 Å². The van der Waals surface area contributed by atoms with Gasteiger partial charge in [-0.25, -0.2) is 0 Å². The first-order chi connectivity index (χ1) is 12.8. The van der Waals surface area contributed by atoms with Crippen LogP contribution in [0.1, 0.15) is 16.1 Å². The number of non-ortho nitro benzene ring substituents is 1. The van der Waals surface area contributed by atoms with Crippen LogP contribution >= 0.6 is 0 Å². The molecule has 2 N–H and O–H groups in total. The summed E-state index contributed by atoms with van der Waals surface area (Å²) in [5.74, 6) is -1.15. The Bertz CT molecular complexity index is 1000. The van der Waals surface area contributed by atoms with Gasteiger partial charge in [0.1, 0.15) is 5.69 Å². The van der Waals surface area contributed by atoms with Crippen molar-refractivity contribution in [1.82, 2.24) is 10.2 Å². The number of hydrogen-bond acceptors (Lipinski definition) is 4. The van der Waals surface area contributed by atoms with Crippen molar-refractivity contribution in [2.24, 2.45) is 0 Å². The molecule has 3 rings (SSSR count). The van der Waals surface area contributed by atoms with Gasteiger partial charge >= 0.3 is 6.18 Å². The van der Waals surface area contributed by atoms with Gasteiger partial charge in [0, 0.05) is 17.7 Å². The molecule has 0 unspecified atom stereocenters. The number of alkyl halides is 3. The van der Waals surface area contributed by atoms with Gasteiger partial charge in [0.25, 0.3) is 11.6 Å². The number of H-pyrrole nitrogens is 1. The molecule has 0 spiro atoms. The number of hydrogen-bond donors (Lipinski definition) is 2. The molecule has 0 atom stereocenters. The van der Waals surface area contributed by atoms with E-state index in [2.05, 4.69) is 10.4 Å². The fourth-order valence-corrected chi connectivity index (χ4v) is 2.46. The third kappa shape index (κ3) is 3.78. The average molecular weight is 376 g/mol. The van der Waals surface area contributed by atoms with Crippen molar-refractivity contribution >= 4 is 17.4 Å². The van der Waals surface area contributed by atoms with E-state index < -0.39 is 22.7 Å². The fraction of sp³-hybridized carbons (Fsp3) is 0.0588. The smallest absolute Gasteiger partial charge is 0.305 e. The maximum atomic E-state index is 13.3. The van der Waals surface area contributed by atoms with E-state index in [0.29, 0.717) is 0 Å². The maximum absolute atomic E-state index is 13.3. The van der Waals surface area contributed by atoms with Gasteiger partial charge in [-0.15, -0.1) is 0 Å². The molecule has 7 nitrogen and oxygen atoms in total. The predicted octanol–water partition coefficient (Wildman–Crippen LogP) is 4.26. The van der Waals surface area contributed by atoms with Crippen molar-refractivity contribution in [1.29, 1.82) is 0 Å². The van der Waals surface area contributed by atoms with E-state index in [1.807, 2.05) is 5.10 Å². The van der Waals surface area contributed by atoms with Crippen LogP contribution in [0.5, 0.6) is 0 Å². The monoisotopic (exact) mass is 376 g/mol. The molecular formula is C17H11F3N4O3. The number of rotatable bonds is 4. The van der Waals surface area contributed by atoms with Crippen LogP contribution in [0.25, 0.3) is 11.1 Å². The lowest BCUT2D eigenvalue weighted by atomic mass is 10.0. The Morgan fingerprint density at radius 3 is 2.44 bits per heavy atom. The van der Waals surface area contributed by atoms with Gasteiger partial charge in [-0.05, 0) is 11.6 Å². The summed E-state index contributed by atoms with van der Waals surface area (Å²) < 4.78 is 39.9. The van der Waals surface area contributed by atoms with E-state index in [0.717, 1.165) is 6.07 Å². The number of nitro groups is 1. The Balaban J connectivity index is 2.00. The number of carbonyl (C=O) groups excluding carboxylic acids is 1. The summed E-state index contributed by atoms with van der Waals surface area (Å²) in [6.07, 6.45) is -4.72. The molecule has 1 amide bonds. The van der Waals surface area contributed by atoms with Gasteiger partial charge < -0.3 is 5.32 Å². The van der Waals surface area contributed by atoms with Crippen molar-refractivity contribution < 1.29 is 22.9 Å². The Kier molecular flexibility index (Phi) is 4.63. The summed E-state index contributed by atoms with van der Waals surface area (Å²) in [5.41, 5.74) is -1.62. The van der Waals surface area contributed by atoms with Gasteiger partial charge in [-0.2, -0.15) is 18.3 Å². The van der Waals surface area contributed by atoms with Crippen LogP contribution in [-0.4, -0.2) is 21.0 Å². The number of nitrogens with zero attached hydrogens (tertiary/aromatic N) is 2. The molecule has 0 radical (unpaired) electrons. The summed E-state index contributed by atoms with van der Waals surface area (Å²) in [4.78, 5) is 22.5. The second-order valence-corrected chi connectivity index (χ2v) is 5.45. The number of anilines is 1. The van der Waals surface area contributed by atoms with Crippen LogP contribution in [0.15, 0.2) is 54.6 Å². The van der Waals surface area contributed by atoms with Crippen molar-refractivity contribution in [3.63, 3.8) is 0 Å². The molecule has 0 aliphatic rings. The Labute approximate surface area is 150 Å². The average Bonchev–Trinajstić information content (AvgIpc) is 3.06. The molecule has 2 aromatic carbocycles. The number of benzene rings is 2. The minimum atomic E-state index is -4.72. The van der Waals surface area contributed by atoms with Gasteiger partial charge in [-0.3, -0.25) is 20.0 Å². The van der Waals surface area contributed by atoms with E-state index in [-0.39, 0.29) is 28.2 Å². The predicted molar refractivity (Wildman–Crippen MR) is 90.1 cm³/mol. The standard InChI is InChI=1S/C17H11F3N4O3/c18-17(19,20)14-13(10-5-2-1-3-6-10)15(23-22-14)21-16(25)11-7-4-8-12(9-11)24(26)27/h1-9H,(H2,21,22,23,25). The number of aromatic amines is 1. The van der Waals surface area contributed by atoms with E-state index in [1.54, 1.807) is 18.2 Å². The van der Waals surface area contributed by atoms with Gasteiger partial charge in [0.05, 0.1) is 10.5 Å². The number of halogens is 3. The second kappa shape index (κ2) is 6.90. The molecule has 3 aromatic rings. The van der Waals surface area contributed by atoms with E-state index >= 15 is 0 Å². The molecule has 1 heterocycles. The largest absolute Gasteiger partial charge is 0.433 e. The molecule has 138 valence electrons. The van der Waals surface area contributed by atoms with E-state index in [4.69, 9.17) is 0 Å². The third-order valence-electron chi connectivity index (χ3n) is 3.66. The Morgan fingerprint density at radius 1 is 1.11 bits per heavy atom. The minimum absolute atomic E-state index is 0.0835. The van der Waals surface area contributed by atoms with Crippen molar-refractivity contribution in [3.8, 4) is 11.1 Å². The summed E-state index contributed by atoms with van der Waals surface area (Å²) in [7, 11) is 0. The third-order valence-corrected chi connectivity index (χ3v) is 3.66. The lowest BCUT2D eigenvalue weighted by Crippen LogP contribution is -2.13. The van der Waals surface area contributed by atoms with Crippen molar-refractivity contribution in [2.45, 2.75) is 6.18 Å². The highest BCUT2D eigenvalue weighted by Crippen LogP contribution is 2.39. The number of nitrogens with one attached hydrogen (secondary N) is 2. The zero-order valence-electron chi connectivity index (χ0n) is 13.4. The van der Waals surface area contributed by atoms with Gasteiger partial charge in [0.15, 0.2) is 5.82 Å². The molecule has 27 heavy (non-hydrogen) atoms. The Morgan fingerprint density at radius 2 is 1.81 bits per heavy atom. The minimum Gasteiger partial charge on any atom is -0.305 e. The van der Waals surface area contributed by atoms with Crippen LogP contribution in [-0.2, 0) is 6.18 Å². The number of aromatic nitrogens is 2. The Hall–Kier alpha value is -3.69. The SMILES string of the molecule is O=C(Nc1n[nH]c(C(F)(F)F)c1-c1ccccc1)c1cccc([N+](=O)[O-])c1. The topological polar surface area (TPSA) is 101 Å². The first-order valence-corrected chi connectivity index (χ1v) is 7.54. The molecule has 0 bridgehead atoms. The van der Waals surface area contributed by atoms with Gasteiger partial charge in [0.2, 0.25) is 0 Å². The second-order valence-electron chi connectivity index (χ2n) is 5.45. The van der Waals surface area contributed by atoms with Crippen molar-refractivity contribution in [2.75, 3.05) is 5.32 Å². The van der Waals surface area contributed by atoms with E-state index in [1.165, 1.54) is 30.3 Å². The van der Waals surface area contributed by atoms with Crippen molar-refractivity contribution in [3.05, 3.63) is 76.0 Å². The molecule has 0 fully saturated rings. The lowest BCUT2D eigenvalue weighted by molar-refractivity contribution is -0.384. The summed E-state index contributed by atoms with van der Waals surface area (Å²) in [6, 6.07) is 12.5. The molecule has 0 saturated heterocycles. The first kappa shape index (κ1) is 18.1. The number of carbonyl (C=O) groups is 1. The maximum Gasteiger partial charge on any atom is 0.433 e. The van der Waals surface area contributed by atoms with Crippen LogP contribution in [0.4, 0.5) is 24.7 Å². The molecule has 10 heteroatoms. The van der Waals surface area contributed by atoms with Crippen LogP contribution in [0, 0.1) is 10.1 Å². The number of amides is 1. The normalized spacial score (nSPS) is 11.2. The number of nitro benzene ring substituents is 1. The zero-order valence-corrected chi connectivity index (χ0v) is 13.4.